The molecule has 1 rings (SSSR count). The molecule has 2 heteroatoms. The van der Waals surface area contributed by atoms with E-state index in [-0.39, 0.29) is 5.41 Å². The van der Waals surface area contributed by atoms with E-state index in [9.17, 15) is 0 Å². The molecule has 0 saturated carbocycles. The second-order valence-corrected chi connectivity index (χ2v) is 9.35. The van der Waals surface area contributed by atoms with Gasteiger partial charge in [0.1, 0.15) is 5.75 Å². The van der Waals surface area contributed by atoms with Crippen molar-refractivity contribution in [2.24, 2.45) is 0 Å². The van der Waals surface area contributed by atoms with Gasteiger partial charge in [0.2, 0.25) is 0 Å². The van der Waals surface area contributed by atoms with Gasteiger partial charge in [-0.2, -0.15) is 0 Å². The molecule has 0 aliphatic carbocycles. The van der Waals surface area contributed by atoms with Crippen LogP contribution in [0.15, 0.2) is 24.3 Å². The Morgan fingerprint density at radius 3 is 1.89 bits per heavy atom. The molecule has 1 nitrogen and oxygen atoms in total. The van der Waals surface area contributed by atoms with Crippen molar-refractivity contribution in [3.05, 3.63) is 29.8 Å². The molecule has 0 fully saturated rings. The van der Waals surface area contributed by atoms with Gasteiger partial charge in [-0.15, -0.1) is 0 Å². The minimum absolute atomic E-state index is 0.131. The number of benzene rings is 1. The molecule has 1 aromatic rings. The maximum Gasteiger partial charge on any atom is 0.127 e. The molecule has 18 heavy (non-hydrogen) atoms. The fourth-order valence-electron chi connectivity index (χ4n) is 2.09. The number of hydrogen-bond donors (Lipinski definition) is 0. The van der Waals surface area contributed by atoms with Crippen molar-refractivity contribution in [2.75, 3.05) is 0 Å². The van der Waals surface area contributed by atoms with Crippen LogP contribution in [-0.4, -0.2) is 11.3 Å². The SMILES string of the molecule is CC(C)P(Oc1ccccc1C(C)(C)C)C(C)C. The molecular weight excluding hydrogens is 239 g/mol. The van der Waals surface area contributed by atoms with E-state index in [2.05, 4.69) is 72.7 Å². The quantitative estimate of drug-likeness (QED) is 0.647. The van der Waals surface area contributed by atoms with Gasteiger partial charge in [-0.25, -0.2) is 0 Å². The van der Waals surface area contributed by atoms with Crippen LogP contribution >= 0.6 is 8.15 Å². The van der Waals surface area contributed by atoms with Gasteiger partial charge in [0.25, 0.3) is 0 Å². The lowest BCUT2D eigenvalue weighted by atomic mass is 9.86. The van der Waals surface area contributed by atoms with Crippen molar-refractivity contribution in [3.63, 3.8) is 0 Å². The summed E-state index contributed by atoms with van der Waals surface area (Å²) in [5.41, 5.74) is 2.62. The Balaban J connectivity index is 3.03. The fraction of sp³-hybridized carbons (Fsp3) is 0.625. The Bertz CT molecular complexity index is 369. The molecule has 0 saturated heterocycles. The first-order valence-corrected chi connectivity index (χ1v) is 8.19. The Morgan fingerprint density at radius 2 is 1.44 bits per heavy atom. The highest BCUT2D eigenvalue weighted by atomic mass is 31.1. The van der Waals surface area contributed by atoms with Crippen molar-refractivity contribution >= 4 is 8.15 Å². The van der Waals surface area contributed by atoms with Gasteiger partial charge in [-0.3, -0.25) is 0 Å². The first-order chi connectivity index (χ1) is 8.23. The van der Waals surface area contributed by atoms with Crippen molar-refractivity contribution in [2.45, 2.75) is 65.2 Å². The van der Waals surface area contributed by atoms with E-state index in [4.69, 9.17) is 4.52 Å². The maximum atomic E-state index is 6.36. The molecule has 0 radical (unpaired) electrons. The molecule has 0 atom stereocenters. The summed E-state index contributed by atoms with van der Waals surface area (Å²) >= 11 is 0. The van der Waals surface area contributed by atoms with Crippen LogP contribution in [0.2, 0.25) is 0 Å². The monoisotopic (exact) mass is 266 g/mol. The largest absolute Gasteiger partial charge is 0.473 e. The molecule has 1 aromatic carbocycles. The zero-order chi connectivity index (χ0) is 13.9. The Morgan fingerprint density at radius 1 is 0.944 bits per heavy atom. The highest BCUT2D eigenvalue weighted by Gasteiger charge is 2.24. The molecule has 0 N–H and O–H groups in total. The highest BCUT2D eigenvalue weighted by Crippen LogP contribution is 2.49. The van der Waals surface area contributed by atoms with Crippen molar-refractivity contribution in [3.8, 4) is 5.75 Å². The first kappa shape index (κ1) is 15.5. The van der Waals surface area contributed by atoms with Crippen LogP contribution in [0.3, 0.4) is 0 Å². The van der Waals surface area contributed by atoms with Crippen LogP contribution in [-0.2, 0) is 5.41 Å². The van der Waals surface area contributed by atoms with Crippen LogP contribution in [0.5, 0.6) is 5.75 Å². The van der Waals surface area contributed by atoms with E-state index >= 15 is 0 Å². The Hall–Kier alpha value is -0.550. The molecule has 0 aromatic heterocycles. The molecule has 0 aliphatic heterocycles. The van der Waals surface area contributed by atoms with Gasteiger partial charge in [-0.05, 0) is 17.0 Å². The summed E-state index contributed by atoms with van der Waals surface area (Å²) < 4.78 is 6.36. The maximum absolute atomic E-state index is 6.36. The lowest BCUT2D eigenvalue weighted by Gasteiger charge is -2.29. The van der Waals surface area contributed by atoms with E-state index in [0.717, 1.165) is 5.75 Å². The van der Waals surface area contributed by atoms with E-state index in [1.165, 1.54) is 5.56 Å². The van der Waals surface area contributed by atoms with Crippen LogP contribution in [0, 0.1) is 0 Å². The van der Waals surface area contributed by atoms with E-state index in [0.29, 0.717) is 11.3 Å². The van der Waals surface area contributed by atoms with Gasteiger partial charge in [-0.1, -0.05) is 66.7 Å². The zero-order valence-electron chi connectivity index (χ0n) is 12.8. The summed E-state index contributed by atoms with van der Waals surface area (Å²) in [5.74, 6) is 1.07. The Labute approximate surface area is 114 Å². The van der Waals surface area contributed by atoms with Crippen molar-refractivity contribution in [1.29, 1.82) is 0 Å². The third-order valence-electron chi connectivity index (χ3n) is 2.92. The van der Waals surface area contributed by atoms with Crippen LogP contribution in [0.4, 0.5) is 0 Å². The molecular formula is C16H27OP. The summed E-state index contributed by atoms with van der Waals surface area (Å²) in [4.78, 5) is 0. The molecule has 0 heterocycles. The van der Waals surface area contributed by atoms with E-state index in [1.807, 2.05) is 0 Å². The third-order valence-corrected chi connectivity index (χ3v) is 5.36. The number of hydrogen-bond acceptors (Lipinski definition) is 1. The van der Waals surface area contributed by atoms with E-state index < -0.39 is 8.15 Å². The summed E-state index contributed by atoms with van der Waals surface area (Å²) in [6.45, 7) is 15.7. The summed E-state index contributed by atoms with van der Waals surface area (Å²) in [6.07, 6.45) is 0. The highest BCUT2D eigenvalue weighted by molar-refractivity contribution is 7.54. The first-order valence-electron chi connectivity index (χ1n) is 6.79. The van der Waals surface area contributed by atoms with Gasteiger partial charge in [0, 0.05) is 11.3 Å². The predicted molar refractivity (Wildman–Crippen MR) is 83.0 cm³/mol. The zero-order valence-corrected chi connectivity index (χ0v) is 13.7. The average molecular weight is 266 g/mol. The van der Waals surface area contributed by atoms with Gasteiger partial charge in [0.05, 0.1) is 8.15 Å². The minimum Gasteiger partial charge on any atom is -0.473 e. The van der Waals surface area contributed by atoms with Gasteiger partial charge < -0.3 is 4.52 Å². The van der Waals surface area contributed by atoms with Gasteiger partial charge >= 0.3 is 0 Å². The molecule has 0 amide bonds. The summed E-state index contributed by atoms with van der Waals surface area (Å²) in [5, 5.41) is 0. The summed E-state index contributed by atoms with van der Waals surface area (Å²) in [6, 6.07) is 8.46. The van der Waals surface area contributed by atoms with E-state index in [1.54, 1.807) is 0 Å². The molecule has 0 spiro atoms. The smallest absolute Gasteiger partial charge is 0.127 e. The second-order valence-electron chi connectivity index (χ2n) is 6.38. The van der Waals surface area contributed by atoms with Gasteiger partial charge in [0.15, 0.2) is 0 Å². The Kier molecular flexibility index (Phi) is 5.22. The summed E-state index contributed by atoms with van der Waals surface area (Å²) in [7, 11) is -0.418. The lowest BCUT2D eigenvalue weighted by molar-refractivity contribution is 0.528. The standard InChI is InChI=1S/C16H27OP/c1-12(2)18(13(3)4)17-15-11-9-8-10-14(15)16(5,6)7/h8-13H,1-7H3. The average Bonchev–Trinajstić information content (AvgIpc) is 2.24. The van der Waals surface area contributed by atoms with Crippen molar-refractivity contribution in [1.82, 2.24) is 0 Å². The fourth-order valence-corrected chi connectivity index (χ4v) is 4.09. The normalized spacial score (nSPS) is 12.6. The van der Waals surface area contributed by atoms with Crippen LogP contribution in [0.1, 0.15) is 54.0 Å². The topological polar surface area (TPSA) is 9.23 Å². The number of para-hydroxylation sites is 1. The molecule has 0 bridgehead atoms. The van der Waals surface area contributed by atoms with Crippen molar-refractivity contribution < 1.29 is 4.52 Å². The predicted octanol–water partition coefficient (Wildman–Crippen LogP) is 5.58. The second kappa shape index (κ2) is 6.06. The third kappa shape index (κ3) is 3.99. The minimum atomic E-state index is -0.418. The van der Waals surface area contributed by atoms with Crippen LogP contribution in [0.25, 0.3) is 0 Å². The van der Waals surface area contributed by atoms with Crippen LogP contribution < -0.4 is 4.52 Å². The molecule has 0 unspecified atom stereocenters. The molecule has 0 aliphatic rings. The molecule has 102 valence electrons. The lowest BCUT2D eigenvalue weighted by Crippen LogP contribution is -2.15. The number of rotatable bonds is 4.